The summed E-state index contributed by atoms with van der Waals surface area (Å²) in [4.78, 5) is 42.9. The van der Waals surface area contributed by atoms with Gasteiger partial charge < -0.3 is 14.9 Å². The monoisotopic (exact) mass is 560 g/mol. The summed E-state index contributed by atoms with van der Waals surface area (Å²) in [6.45, 7) is 12.1. The summed E-state index contributed by atoms with van der Waals surface area (Å²) in [5, 5.41) is 10.7. The molecule has 1 N–H and O–H groups in total. The predicted molar refractivity (Wildman–Crippen MR) is 152 cm³/mol. The number of fused-ring (bicyclic) bond motifs is 1. The number of aromatic hydroxyl groups is 1. The van der Waals surface area contributed by atoms with Gasteiger partial charge in [0, 0.05) is 31.9 Å². The average Bonchev–Trinajstić information content (AvgIpc) is 2.93. The lowest BCUT2D eigenvalue weighted by Gasteiger charge is -2.40. The number of benzene rings is 1. The van der Waals surface area contributed by atoms with Crippen LogP contribution in [0.4, 0.5) is 14.6 Å². The largest absolute Gasteiger partial charge is 0.507 e. The molecule has 0 aliphatic carbocycles. The first-order valence-electron chi connectivity index (χ1n) is 13.3. The van der Waals surface area contributed by atoms with Crippen LogP contribution in [0.15, 0.2) is 54.0 Å². The summed E-state index contributed by atoms with van der Waals surface area (Å²) < 4.78 is 32.0. The van der Waals surface area contributed by atoms with Crippen molar-refractivity contribution < 1.29 is 18.7 Å². The lowest BCUT2D eigenvalue weighted by atomic mass is 10.0. The minimum atomic E-state index is -0.897. The summed E-state index contributed by atoms with van der Waals surface area (Å²) in [5.41, 5.74) is 0.275. The number of carbonyl (C=O) groups is 1. The van der Waals surface area contributed by atoms with E-state index in [0.29, 0.717) is 31.0 Å². The van der Waals surface area contributed by atoms with Crippen LogP contribution in [0.5, 0.6) is 5.75 Å². The molecule has 1 saturated heterocycles. The minimum Gasteiger partial charge on any atom is -0.507 e. The number of hydrogen-bond donors (Lipinski definition) is 1. The van der Waals surface area contributed by atoms with E-state index in [1.54, 1.807) is 24.1 Å². The van der Waals surface area contributed by atoms with Crippen molar-refractivity contribution in [3.8, 4) is 22.7 Å². The molecule has 1 aromatic carbocycles. The van der Waals surface area contributed by atoms with Crippen LogP contribution < -0.4 is 10.6 Å². The fraction of sp³-hybridized carbons (Fsp3) is 0.300. The first kappa shape index (κ1) is 27.9. The Balaban J connectivity index is 1.83. The van der Waals surface area contributed by atoms with Crippen LogP contribution in [-0.4, -0.2) is 61.1 Å². The summed E-state index contributed by atoms with van der Waals surface area (Å²) in [6.07, 6.45) is 2.89. The second-order valence-corrected chi connectivity index (χ2v) is 10.4. The molecule has 1 amide bonds. The van der Waals surface area contributed by atoms with Gasteiger partial charge in [0.1, 0.15) is 23.1 Å². The third-order valence-electron chi connectivity index (χ3n) is 7.40. The number of amides is 1. The van der Waals surface area contributed by atoms with Crippen molar-refractivity contribution in [2.24, 2.45) is 0 Å². The van der Waals surface area contributed by atoms with Crippen molar-refractivity contribution in [3.05, 3.63) is 82.6 Å². The van der Waals surface area contributed by atoms with Crippen LogP contribution in [-0.2, 0) is 4.79 Å². The SMILES string of the molecule is C=CC(=O)N1CCN(c2nc(=O)n(-c3c(C(C)C)ccnc3C)c3nc(-c4c(O)cccc4F)c(F)cc23)C(C)C1. The number of hydrogen-bond acceptors (Lipinski definition) is 7. The molecule has 4 aromatic rings. The Hall–Kier alpha value is -4.67. The van der Waals surface area contributed by atoms with Gasteiger partial charge in [-0.1, -0.05) is 26.5 Å². The van der Waals surface area contributed by atoms with E-state index in [-0.39, 0.29) is 34.7 Å². The standard InChI is InChI=1S/C30H30F2N6O3/c1-6-24(40)36-12-13-37(17(4)15-36)28-20-14-22(32)26(25-21(31)8-7-9-23(25)39)34-29(20)38(30(41)35-28)27-18(5)33-11-10-19(27)16(2)3/h6-11,14,16-17,39H,1,12-13,15H2,2-5H3. The molecule has 1 aliphatic heterocycles. The molecule has 0 saturated carbocycles. The Morgan fingerprint density at radius 3 is 2.59 bits per heavy atom. The molecular formula is C30H30F2N6O3. The van der Waals surface area contributed by atoms with Crippen molar-refractivity contribution in [1.29, 1.82) is 0 Å². The second-order valence-electron chi connectivity index (χ2n) is 10.4. The molecule has 3 aromatic heterocycles. The quantitative estimate of drug-likeness (QED) is 0.359. The summed E-state index contributed by atoms with van der Waals surface area (Å²) in [7, 11) is 0. The Morgan fingerprint density at radius 1 is 1.17 bits per heavy atom. The van der Waals surface area contributed by atoms with E-state index in [4.69, 9.17) is 0 Å². The molecule has 11 heteroatoms. The number of piperazine rings is 1. The highest BCUT2D eigenvalue weighted by Gasteiger charge is 2.31. The molecule has 0 radical (unpaired) electrons. The molecule has 0 bridgehead atoms. The van der Waals surface area contributed by atoms with Crippen LogP contribution in [0.3, 0.4) is 0 Å². The summed E-state index contributed by atoms with van der Waals surface area (Å²) in [5.74, 6) is -2.28. The number of pyridine rings is 2. The van der Waals surface area contributed by atoms with Crippen LogP contribution in [0.2, 0.25) is 0 Å². The smallest absolute Gasteiger partial charge is 0.355 e. The summed E-state index contributed by atoms with van der Waals surface area (Å²) >= 11 is 0. The molecule has 1 unspecified atom stereocenters. The highest BCUT2D eigenvalue weighted by Crippen LogP contribution is 2.36. The van der Waals surface area contributed by atoms with Crippen LogP contribution in [0.25, 0.3) is 28.0 Å². The molecule has 9 nitrogen and oxygen atoms in total. The van der Waals surface area contributed by atoms with Crippen LogP contribution in [0.1, 0.15) is 37.9 Å². The number of anilines is 1. The topological polar surface area (TPSA) is 104 Å². The first-order chi connectivity index (χ1) is 19.5. The van der Waals surface area contributed by atoms with Gasteiger partial charge in [0.15, 0.2) is 11.5 Å². The lowest BCUT2D eigenvalue weighted by Crippen LogP contribution is -2.54. The van der Waals surface area contributed by atoms with Gasteiger partial charge in [0.05, 0.1) is 22.3 Å². The third kappa shape index (κ3) is 4.81. The fourth-order valence-corrected chi connectivity index (χ4v) is 5.39. The maximum atomic E-state index is 15.8. The number of carbonyl (C=O) groups excluding carboxylic acids is 1. The van der Waals surface area contributed by atoms with E-state index in [1.807, 2.05) is 25.7 Å². The van der Waals surface area contributed by atoms with Gasteiger partial charge >= 0.3 is 5.69 Å². The average molecular weight is 561 g/mol. The highest BCUT2D eigenvalue weighted by molar-refractivity contribution is 5.91. The normalized spacial score (nSPS) is 15.5. The predicted octanol–water partition coefficient (Wildman–Crippen LogP) is 4.48. The van der Waals surface area contributed by atoms with Crippen molar-refractivity contribution >= 4 is 22.8 Å². The molecule has 1 fully saturated rings. The van der Waals surface area contributed by atoms with Crippen molar-refractivity contribution in [1.82, 2.24) is 24.4 Å². The van der Waals surface area contributed by atoms with Gasteiger partial charge in [-0.2, -0.15) is 4.98 Å². The van der Waals surface area contributed by atoms with E-state index >= 15 is 4.39 Å². The number of phenolic OH excluding ortho intramolecular Hbond substituents is 1. The molecule has 5 rings (SSSR count). The van der Waals surface area contributed by atoms with Gasteiger partial charge in [-0.25, -0.2) is 23.1 Å². The van der Waals surface area contributed by atoms with Gasteiger partial charge in [0.2, 0.25) is 5.91 Å². The Morgan fingerprint density at radius 2 is 1.93 bits per heavy atom. The number of halogens is 2. The maximum absolute atomic E-state index is 15.8. The Kier molecular flexibility index (Phi) is 7.29. The Labute approximate surface area is 235 Å². The van der Waals surface area contributed by atoms with Gasteiger partial charge in [-0.15, -0.1) is 0 Å². The number of rotatable bonds is 5. The second kappa shape index (κ2) is 10.7. The van der Waals surface area contributed by atoms with Crippen molar-refractivity contribution in [2.75, 3.05) is 24.5 Å². The number of nitrogens with zero attached hydrogens (tertiary/aromatic N) is 6. The highest BCUT2D eigenvalue weighted by atomic mass is 19.1. The zero-order valence-electron chi connectivity index (χ0n) is 23.2. The van der Waals surface area contributed by atoms with E-state index in [2.05, 4.69) is 21.5 Å². The zero-order chi connectivity index (χ0) is 29.6. The van der Waals surface area contributed by atoms with Gasteiger partial charge in [-0.3, -0.25) is 9.78 Å². The van der Waals surface area contributed by atoms with Crippen molar-refractivity contribution in [3.63, 3.8) is 0 Å². The molecule has 1 aliphatic rings. The lowest BCUT2D eigenvalue weighted by molar-refractivity contribution is -0.126. The molecule has 41 heavy (non-hydrogen) atoms. The van der Waals surface area contributed by atoms with Gasteiger partial charge in [-0.05, 0) is 55.7 Å². The zero-order valence-corrected chi connectivity index (χ0v) is 23.2. The molecule has 212 valence electrons. The van der Waals surface area contributed by atoms with Crippen LogP contribution >= 0.6 is 0 Å². The van der Waals surface area contributed by atoms with Crippen LogP contribution in [0, 0.1) is 18.6 Å². The Bertz CT molecular complexity index is 1730. The number of phenols is 1. The first-order valence-corrected chi connectivity index (χ1v) is 13.3. The van der Waals surface area contributed by atoms with E-state index < -0.39 is 34.3 Å². The number of aromatic nitrogens is 4. The molecular weight excluding hydrogens is 530 g/mol. The summed E-state index contributed by atoms with van der Waals surface area (Å²) in [6, 6.07) is 6.32. The van der Waals surface area contributed by atoms with E-state index in [0.717, 1.165) is 17.7 Å². The maximum Gasteiger partial charge on any atom is 0.355 e. The van der Waals surface area contributed by atoms with E-state index in [9.17, 15) is 19.1 Å². The third-order valence-corrected chi connectivity index (χ3v) is 7.40. The minimum absolute atomic E-state index is 0.0145. The van der Waals surface area contributed by atoms with Gasteiger partial charge in [0.25, 0.3) is 0 Å². The number of aryl methyl sites for hydroxylation is 1. The molecule has 0 spiro atoms. The fourth-order valence-electron chi connectivity index (χ4n) is 5.39. The molecule has 4 heterocycles. The molecule has 1 atom stereocenters. The van der Waals surface area contributed by atoms with Crippen molar-refractivity contribution in [2.45, 2.75) is 39.7 Å². The van der Waals surface area contributed by atoms with E-state index in [1.165, 1.54) is 22.8 Å².